The molecule has 31 heavy (non-hydrogen) atoms. The number of carbonyl (C=O) groups excluding carboxylic acids is 1. The van der Waals surface area contributed by atoms with Gasteiger partial charge in [-0.2, -0.15) is 13.2 Å². The van der Waals surface area contributed by atoms with Crippen LogP contribution in [0.2, 0.25) is 0 Å². The van der Waals surface area contributed by atoms with E-state index in [9.17, 15) is 22.8 Å². The van der Waals surface area contributed by atoms with E-state index in [1.54, 1.807) is 22.7 Å². The minimum absolute atomic E-state index is 0.0175. The molecule has 6 nitrogen and oxygen atoms in total. The molecular formula is C22H18F3N3O3. The quantitative estimate of drug-likeness (QED) is 0.582. The molecule has 0 spiro atoms. The fourth-order valence-electron chi connectivity index (χ4n) is 2.91. The fourth-order valence-corrected chi connectivity index (χ4v) is 2.91. The molecule has 1 amide bonds. The van der Waals surface area contributed by atoms with Crippen LogP contribution in [0.3, 0.4) is 0 Å². The molecule has 2 N–H and O–H groups in total. The molecule has 0 unspecified atom stereocenters. The van der Waals surface area contributed by atoms with Crippen LogP contribution in [0.1, 0.15) is 33.6 Å². The number of halogens is 3. The summed E-state index contributed by atoms with van der Waals surface area (Å²) >= 11 is 0. The van der Waals surface area contributed by atoms with Crippen molar-refractivity contribution < 1.29 is 27.9 Å². The largest absolute Gasteiger partial charge is 0.481 e. The van der Waals surface area contributed by atoms with Gasteiger partial charge in [-0.3, -0.25) is 9.59 Å². The lowest BCUT2D eigenvalue weighted by molar-refractivity contribution is -0.138. The summed E-state index contributed by atoms with van der Waals surface area (Å²) in [6, 6.07) is 8.27. The summed E-state index contributed by atoms with van der Waals surface area (Å²) in [6.45, 7) is 3.50. The molecule has 2 aromatic heterocycles. The van der Waals surface area contributed by atoms with E-state index < -0.39 is 30.0 Å². The number of amides is 1. The molecule has 3 aromatic rings. The maximum absolute atomic E-state index is 12.7. The molecular weight excluding hydrogens is 411 g/mol. The zero-order chi connectivity index (χ0) is 23.2. The van der Waals surface area contributed by atoms with E-state index in [0.29, 0.717) is 16.6 Å². The molecule has 0 saturated heterocycles. The Morgan fingerprint density at radius 1 is 1.16 bits per heavy atom. The molecule has 0 saturated carbocycles. The van der Waals surface area contributed by atoms with Crippen LogP contribution in [0.15, 0.2) is 61.2 Å². The van der Waals surface area contributed by atoms with Crippen molar-refractivity contribution in [2.24, 2.45) is 0 Å². The second-order valence-corrected chi connectivity index (χ2v) is 6.38. The van der Waals surface area contributed by atoms with E-state index in [0.717, 1.165) is 12.1 Å². The summed E-state index contributed by atoms with van der Waals surface area (Å²) in [6.07, 6.45) is 6.57. The average molecular weight is 429 g/mol. The molecule has 0 aliphatic carbocycles. The van der Waals surface area contributed by atoms with Gasteiger partial charge in [0.05, 0.1) is 17.5 Å². The van der Waals surface area contributed by atoms with Crippen molar-refractivity contribution in [2.75, 3.05) is 0 Å². The number of hydrogen-bond acceptors (Lipinski definition) is 3. The maximum atomic E-state index is 12.7. The van der Waals surface area contributed by atoms with Gasteiger partial charge in [-0.05, 0) is 35.7 Å². The van der Waals surface area contributed by atoms with E-state index in [-0.39, 0.29) is 17.8 Å². The van der Waals surface area contributed by atoms with Gasteiger partial charge in [-0.15, -0.1) is 12.8 Å². The van der Waals surface area contributed by atoms with Gasteiger partial charge in [0.1, 0.15) is 6.33 Å². The molecule has 9 heteroatoms. The normalized spacial score (nSPS) is 10.7. The highest BCUT2D eigenvalue weighted by atomic mass is 19.4. The fraction of sp³-hybridized carbons (Fsp3) is 0.136. The summed E-state index contributed by atoms with van der Waals surface area (Å²) in [5, 5.41) is 11.2. The number of hydrogen-bond donors (Lipinski definition) is 2. The number of pyridine rings is 1. The van der Waals surface area contributed by atoms with Gasteiger partial charge in [0.25, 0.3) is 5.91 Å². The molecule has 0 atom stereocenters. The van der Waals surface area contributed by atoms with Crippen LogP contribution >= 0.6 is 0 Å². The number of alkyl halides is 3. The Bertz CT molecular complexity index is 1130. The van der Waals surface area contributed by atoms with Crippen molar-refractivity contribution in [3.63, 3.8) is 0 Å². The molecule has 1 aromatic carbocycles. The average Bonchev–Trinajstić information content (AvgIpc) is 3.14. The van der Waals surface area contributed by atoms with E-state index in [2.05, 4.69) is 29.7 Å². The first kappa shape index (κ1) is 23.2. The highest BCUT2D eigenvalue weighted by Crippen LogP contribution is 2.29. The van der Waals surface area contributed by atoms with Gasteiger partial charge in [-0.1, -0.05) is 24.8 Å². The third-order valence-electron chi connectivity index (χ3n) is 4.19. The lowest BCUT2D eigenvalue weighted by atomic mass is 10.0. The molecule has 2 heterocycles. The second-order valence-electron chi connectivity index (χ2n) is 6.38. The van der Waals surface area contributed by atoms with Crippen LogP contribution in [0.25, 0.3) is 5.52 Å². The lowest BCUT2D eigenvalue weighted by Crippen LogP contribution is -2.24. The van der Waals surface area contributed by atoms with Crippen LogP contribution < -0.4 is 5.32 Å². The number of nitrogens with zero attached hydrogens (tertiary/aromatic N) is 2. The SMILES string of the molecule is C#C.C=C(CC(=O)O)NC(=O)c1ncn2cccc(Cc3ccc(C(F)(F)F)cc3)c12. The number of aromatic nitrogens is 2. The van der Waals surface area contributed by atoms with Crippen LogP contribution in [-0.4, -0.2) is 26.4 Å². The third-order valence-corrected chi connectivity index (χ3v) is 4.19. The first-order valence-corrected chi connectivity index (χ1v) is 8.80. The molecule has 3 rings (SSSR count). The summed E-state index contributed by atoms with van der Waals surface area (Å²) in [5.74, 6) is -1.74. The summed E-state index contributed by atoms with van der Waals surface area (Å²) < 4.78 is 39.8. The zero-order valence-corrected chi connectivity index (χ0v) is 16.2. The predicted octanol–water partition coefficient (Wildman–Crippen LogP) is 3.91. The molecule has 0 bridgehead atoms. The number of nitrogens with one attached hydrogen (secondary N) is 1. The van der Waals surface area contributed by atoms with Crippen molar-refractivity contribution in [1.82, 2.24) is 14.7 Å². The number of benzene rings is 1. The highest BCUT2D eigenvalue weighted by Gasteiger charge is 2.30. The van der Waals surface area contributed by atoms with Crippen molar-refractivity contribution in [3.8, 4) is 12.8 Å². The van der Waals surface area contributed by atoms with Crippen molar-refractivity contribution in [2.45, 2.75) is 19.0 Å². The Morgan fingerprint density at radius 3 is 2.39 bits per heavy atom. The number of imidazole rings is 1. The smallest absolute Gasteiger partial charge is 0.416 e. The Hall–Kier alpha value is -4.06. The van der Waals surface area contributed by atoms with Gasteiger partial charge in [0, 0.05) is 11.9 Å². The number of rotatable bonds is 6. The van der Waals surface area contributed by atoms with Crippen molar-refractivity contribution in [1.29, 1.82) is 0 Å². The Kier molecular flexibility index (Phi) is 7.21. The predicted molar refractivity (Wildman–Crippen MR) is 108 cm³/mol. The number of carboxylic acid groups (broad SMARTS) is 1. The summed E-state index contributed by atoms with van der Waals surface area (Å²) in [5.41, 5.74) is 1.14. The van der Waals surface area contributed by atoms with E-state index in [1.165, 1.54) is 18.5 Å². The van der Waals surface area contributed by atoms with E-state index >= 15 is 0 Å². The number of carbonyl (C=O) groups is 2. The second kappa shape index (κ2) is 9.63. The van der Waals surface area contributed by atoms with Crippen molar-refractivity contribution >= 4 is 17.4 Å². The van der Waals surface area contributed by atoms with Crippen molar-refractivity contribution in [3.05, 3.63) is 83.6 Å². The van der Waals surface area contributed by atoms with Crippen LogP contribution in [0.5, 0.6) is 0 Å². The molecule has 160 valence electrons. The number of terminal acetylenes is 1. The molecule has 0 aliphatic heterocycles. The molecule has 0 radical (unpaired) electrons. The topological polar surface area (TPSA) is 83.7 Å². The first-order chi connectivity index (χ1) is 14.6. The van der Waals surface area contributed by atoms with Gasteiger partial charge in [-0.25, -0.2) is 4.98 Å². The first-order valence-electron chi connectivity index (χ1n) is 8.80. The Labute approximate surface area is 176 Å². The standard InChI is InChI=1S/C20H16F3N3O3.C2H2/c1-12(9-16(27)28)25-19(29)17-18-14(3-2-8-26(18)11-24-17)10-13-4-6-15(7-5-13)20(21,22)23;1-2/h2-8,11H,1,9-10H2,(H,25,29)(H,27,28);1-2H. The van der Waals surface area contributed by atoms with Gasteiger partial charge in [0.15, 0.2) is 5.69 Å². The minimum Gasteiger partial charge on any atom is -0.481 e. The highest BCUT2D eigenvalue weighted by molar-refractivity contribution is 6.00. The van der Waals surface area contributed by atoms with E-state index in [4.69, 9.17) is 5.11 Å². The monoisotopic (exact) mass is 429 g/mol. The summed E-state index contributed by atoms with van der Waals surface area (Å²) in [7, 11) is 0. The molecule has 0 fully saturated rings. The van der Waals surface area contributed by atoms with Crippen LogP contribution in [-0.2, 0) is 17.4 Å². The molecule has 0 aliphatic rings. The Morgan fingerprint density at radius 2 is 1.81 bits per heavy atom. The summed E-state index contributed by atoms with van der Waals surface area (Å²) in [4.78, 5) is 27.3. The van der Waals surface area contributed by atoms with Gasteiger partial charge < -0.3 is 14.8 Å². The number of carboxylic acids is 1. The Balaban J connectivity index is 0.00000166. The maximum Gasteiger partial charge on any atom is 0.416 e. The van der Waals surface area contributed by atoms with E-state index in [1.807, 2.05) is 0 Å². The number of aliphatic carboxylic acids is 1. The van der Waals surface area contributed by atoms with Crippen LogP contribution in [0.4, 0.5) is 13.2 Å². The third kappa shape index (κ3) is 5.73. The number of fused-ring (bicyclic) bond motifs is 1. The van der Waals surface area contributed by atoms with Gasteiger partial charge in [0.2, 0.25) is 0 Å². The van der Waals surface area contributed by atoms with Crippen LogP contribution in [0, 0.1) is 12.8 Å². The minimum atomic E-state index is -4.41. The lowest BCUT2D eigenvalue weighted by Gasteiger charge is -2.10. The van der Waals surface area contributed by atoms with Gasteiger partial charge >= 0.3 is 12.1 Å². The zero-order valence-electron chi connectivity index (χ0n) is 16.2.